The summed E-state index contributed by atoms with van der Waals surface area (Å²) >= 11 is 2.04. The van der Waals surface area contributed by atoms with Crippen LogP contribution >= 0.6 is 11.8 Å². The molecule has 0 aromatic rings. The first-order chi connectivity index (χ1) is 8.37. The largest absolute Gasteiger partial charge is 0.356 e. The van der Waals surface area contributed by atoms with Crippen molar-refractivity contribution in [2.24, 2.45) is 5.73 Å². The highest BCUT2D eigenvalue weighted by Gasteiger charge is 2.38. The second kappa shape index (κ2) is 6.57. The van der Waals surface area contributed by atoms with Crippen molar-refractivity contribution >= 4 is 11.8 Å². The number of nitrogens with two attached hydrogens (primary N) is 1. The van der Waals surface area contributed by atoms with Crippen molar-refractivity contribution in [1.82, 2.24) is 4.90 Å². The zero-order valence-corrected chi connectivity index (χ0v) is 13.2. The molecule has 1 rings (SSSR count). The molecule has 5 heteroatoms. The van der Waals surface area contributed by atoms with E-state index in [0.29, 0.717) is 11.3 Å². The van der Waals surface area contributed by atoms with Gasteiger partial charge in [0.1, 0.15) is 0 Å². The SMILES string of the molecule is COC(CC(C)(CN)N1CCSC(C)(C)C1)OC. The summed E-state index contributed by atoms with van der Waals surface area (Å²) in [6.45, 7) is 9.57. The predicted octanol–water partition coefficient (Wildman–Crippen LogP) is 1.54. The Hall–Kier alpha value is 0.190. The molecule has 1 unspecified atom stereocenters. The third-order valence-electron chi connectivity index (χ3n) is 3.76. The van der Waals surface area contributed by atoms with E-state index in [0.717, 1.165) is 25.3 Å². The topological polar surface area (TPSA) is 47.7 Å². The molecule has 0 bridgehead atoms. The van der Waals surface area contributed by atoms with E-state index in [1.807, 2.05) is 11.8 Å². The first kappa shape index (κ1) is 16.2. The third kappa shape index (κ3) is 4.10. The van der Waals surface area contributed by atoms with Gasteiger partial charge in [-0.05, 0) is 20.8 Å². The quantitative estimate of drug-likeness (QED) is 0.746. The first-order valence-corrected chi connectivity index (χ1v) is 7.50. The molecule has 18 heavy (non-hydrogen) atoms. The number of hydrogen-bond donors (Lipinski definition) is 1. The second-order valence-corrected chi connectivity index (χ2v) is 7.64. The highest BCUT2D eigenvalue weighted by atomic mass is 32.2. The van der Waals surface area contributed by atoms with Crippen molar-refractivity contribution in [2.75, 3.05) is 39.6 Å². The molecule has 1 atom stereocenters. The molecule has 0 aromatic heterocycles. The Kier molecular flexibility index (Phi) is 5.93. The van der Waals surface area contributed by atoms with Gasteiger partial charge < -0.3 is 15.2 Å². The molecule has 0 aliphatic carbocycles. The van der Waals surface area contributed by atoms with Gasteiger partial charge in [0, 0.05) is 56.3 Å². The van der Waals surface area contributed by atoms with E-state index in [-0.39, 0.29) is 11.8 Å². The summed E-state index contributed by atoms with van der Waals surface area (Å²) in [5, 5.41) is 0. The minimum Gasteiger partial charge on any atom is -0.356 e. The summed E-state index contributed by atoms with van der Waals surface area (Å²) in [4.78, 5) is 2.49. The van der Waals surface area contributed by atoms with E-state index in [2.05, 4.69) is 25.7 Å². The van der Waals surface area contributed by atoms with E-state index >= 15 is 0 Å². The van der Waals surface area contributed by atoms with Crippen molar-refractivity contribution in [3.63, 3.8) is 0 Å². The summed E-state index contributed by atoms with van der Waals surface area (Å²) in [6, 6.07) is 0. The fourth-order valence-corrected chi connectivity index (χ4v) is 3.55. The van der Waals surface area contributed by atoms with Crippen LogP contribution in [0.2, 0.25) is 0 Å². The minimum atomic E-state index is -0.184. The maximum atomic E-state index is 6.02. The van der Waals surface area contributed by atoms with Gasteiger partial charge in [-0.3, -0.25) is 4.90 Å². The standard InChI is InChI=1S/C13H28N2O2S/c1-12(2)10-15(6-7-18-12)13(3,9-14)8-11(16-4)17-5/h11H,6-10,14H2,1-5H3. The highest BCUT2D eigenvalue weighted by Crippen LogP contribution is 2.34. The van der Waals surface area contributed by atoms with E-state index in [1.54, 1.807) is 14.2 Å². The number of hydrogen-bond acceptors (Lipinski definition) is 5. The van der Waals surface area contributed by atoms with Crippen LogP contribution in [0.3, 0.4) is 0 Å². The lowest BCUT2D eigenvalue weighted by molar-refractivity contribution is -0.129. The number of thioether (sulfide) groups is 1. The second-order valence-electron chi connectivity index (χ2n) is 5.84. The molecule has 108 valence electrons. The van der Waals surface area contributed by atoms with E-state index < -0.39 is 0 Å². The molecule has 1 aliphatic heterocycles. The maximum absolute atomic E-state index is 6.02. The highest BCUT2D eigenvalue weighted by molar-refractivity contribution is 8.00. The fraction of sp³-hybridized carbons (Fsp3) is 1.00. The normalized spacial score (nSPS) is 24.2. The van der Waals surface area contributed by atoms with E-state index in [4.69, 9.17) is 15.2 Å². The molecule has 0 aromatic carbocycles. The van der Waals surface area contributed by atoms with Crippen LogP contribution in [0.4, 0.5) is 0 Å². The molecule has 1 fully saturated rings. The Bertz CT molecular complexity index is 259. The average molecular weight is 276 g/mol. The van der Waals surface area contributed by atoms with Gasteiger partial charge in [0.15, 0.2) is 6.29 Å². The molecule has 0 saturated carbocycles. The van der Waals surface area contributed by atoms with Crippen LogP contribution in [0.1, 0.15) is 27.2 Å². The monoisotopic (exact) mass is 276 g/mol. The van der Waals surface area contributed by atoms with Crippen LogP contribution in [0, 0.1) is 0 Å². The zero-order valence-electron chi connectivity index (χ0n) is 12.4. The third-order valence-corrected chi connectivity index (χ3v) is 5.06. The molecule has 0 radical (unpaired) electrons. The fourth-order valence-electron chi connectivity index (χ4n) is 2.44. The van der Waals surface area contributed by atoms with Crippen molar-refractivity contribution in [3.05, 3.63) is 0 Å². The van der Waals surface area contributed by atoms with Crippen LogP contribution in [-0.2, 0) is 9.47 Å². The van der Waals surface area contributed by atoms with Crippen molar-refractivity contribution < 1.29 is 9.47 Å². The molecule has 4 nitrogen and oxygen atoms in total. The minimum absolute atomic E-state index is 0.0606. The Morgan fingerprint density at radius 3 is 2.44 bits per heavy atom. The summed E-state index contributed by atoms with van der Waals surface area (Å²) in [6.07, 6.45) is 0.619. The van der Waals surface area contributed by atoms with Gasteiger partial charge in [0.05, 0.1) is 0 Å². The molecule has 1 aliphatic rings. The van der Waals surface area contributed by atoms with Crippen LogP contribution in [0.15, 0.2) is 0 Å². The van der Waals surface area contributed by atoms with Gasteiger partial charge in [-0.2, -0.15) is 11.8 Å². The number of methoxy groups -OCH3 is 2. The number of nitrogens with zero attached hydrogens (tertiary/aromatic N) is 1. The first-order valence-electron chi connectivity index (χ1n) is 6.51. The summed E-state index contributed by atoms with van der Waals surface area (Å²) < 4.78 is 11.0. The number of ether oxygens (including phenoxy) is 2. The molecule has 1 saturated heterocycles. The van der Waals surface area contributed by atoms with Crippen LogP contribution in [-0.4, -0.2) is 61.1 Å². The molecule has 0 amide bonds. The maximum Gasteiger partial charge on any atom is 0.158 e. The Balaban J connectivity index is 2.73. The number of rotatable bonds is 6. The van der Waals surface area contributed by atoms with Crippen LogP contribution in [0.5, 0.6) is 0 Å². The molecule has 1 heterocycles. The lowest BCUT2D eigenvalue weighted by Gasteiger charge is -2.48. The molecule has 0 spiro atoms. The van der Waals surface area contributed by atoms with Gasteiger partial charge in [-0.1, -0.05) is 0 Å². The zero-order chi connectivity index (χ0) is 13.8. The van der Waals surface area contributed by atoms with Crippen LogP contribution in [0.25, 0.3) is 0 Å². The summed E-state index contributed by atoms with van der Waals surface area (Å²) in [5.41, 5.74) is 5.96. The van der Waals surface area contributed by atoms with Gasteiger partial charge in [0.25, 0.3) is 0 Å². The smallest absolute Gasteiger partial charge is 0.158 e. The molecule has 2 N–H and O–H groups in total. The predicted molar refractivity (Wildman–Crippen MR) is 78.0 cm³/mol. The lowest BCUT2D eigenvalue weighted by Crippen LogP contribution is -2.59. The summed E-state index contributed by atoms with van der Waals surface area (Å²) in [7, 11) is 3.36. The van der Waals surface area contributed by atoms with Crippen molar-refractivity contribution in [3.8, 4) is 0 Å². The van der Waals surface area contributed by atoms with Gasteiger partial charge in [-0.25, -0.2) is 0 Å². The Morgan fingerprint density at radius 1 is 1.39 bits per heavy atom. The van der Waals surface area contributed by atoms with E-state index in [9.17, 15) is 0 Å². The van der Waals surface area contributed by atoms with Gasteiger partial charge >= 0.3 is 0 Å². The molecular formula is C13H28N2O2S. The molecular weight excluding hydrogens is 248 g/mol. The Morgan fingerprint density at radius 2 is 2.00 bits per heavy atom. The lowest BCUT2D eigenvalue weighted by atomic mass is 9.93. The van der Waals surface area contributed by atoms with E-state index in [1.165, 1.54) is 0 Å². The summed E-state index contributed by atoms with van der Waals surface area (Å²) in [5.74, 6) is 1.16. The van der Waals surface area contributed by atoms with Gasteiger partial charge in [0.2, 0.25) is 0 Å². The van der Waals surface area contributed by atoms with Gasteiger partial charge in [-0.15, -0.1) is 0 Å². The van der Waals surface area contributed by atoms with Crippen LogP contribution < -0.4 is 5.73 Å². The van der Waals surface area contributed by atoms with Crippen molar-refractivity contribution in [1.29, 1.82) is 0 Å². The average Bonchev–Trinajstić information content (AvgIpc) is 2.34. The van der Waals surface area contributed by atoms with Crippen molar-refractivity contribution in [2.45, 2.75) is 43.8 Å². The Labute approximate surface area is 116 Å².